The standard InChI is InChI=1S/C17H15F3N4O2/c18-17(19,20)26-12-3-1-10(2-4-12)7-11-8-22-24-14-9-21-6-5-13(14)16(25)23-15(11)24/h1-4,8,21H,5-7,9H2,(H,23,25). The maximum Gasteiger partial charge on any atom is 0.573 e. The summed E-state index contributed by atoms with van der Waals surface area (Å²) in [6.45, 7) is 1.32. The number of benzene rings is 1. The van der Waals surface area contributed by atoms with Gasteiger partial charge in [0.2, 0.25) is 0 Å². The fourth-order valence-electron chi connectivity index (χ4n) is 3.18. The highest BCUT2D eigenvalue weighted by atomic mass is 19.4. The van der Waals surface area contributed by atoms with E-state index in [1.165, 1.54) is 12.1 Å². The molecule has 3 heterocycles. The number of fused-ring (bicyclic) bond motifs is 3. The van der Waals surface area contributed by atoms with Crippen molar-refractivity contribution in [3.63, 3.8) is 0 Å². The van der Waals surface area contributed by atoms with Crippen LogP contribution >= 0.6 is 0 Å². The molecule has 0 unspecified atom stereocenters. The second-order valence-electron chi connectivity index (χ2n) is 6.10. The minimum absolute atomic E-state index is 0.121. The third-order valence-electron chi connectivity index (χ3n) is 4.35. The summed E-state index contributed by atoms with van der Waals surface area (Å²) >= 11 is 0. The van der Waals surface area contributed by atoms with Crippen LogP contribution in [0.5, 0.6) is 5.75 Å². The van der Waals surface area contributed by atoms with Crippen molar-refractivity contribution < 1.29 is 17.9 Å². The van der Waals surface area contributed by atoms with Gasteiger partial charge in [-0.15, -0.1) is 13.2 Å². The zero-order chi connectivity index (χ0) is 18.3. The van der Waals surface area contributed by atoms with Crippen LogP contribution in [0.3, 0.4) is 0 Å². The first kappa shape index (κ1) is 16.6. The second-order valence-corrected chi connectivity index (χ2v) is 6.10. The molecule has 0 saturated carbocycles. The number of H-pyrrole nitrogens is 1. The molecule has 4 rings (SSSR count). The maximum atomic E-state index is 12.3. The van der Waals surface area contributed by atoms with Gasteiger partial charge in [-0.3, -0.25) is 4.79 Å². The smallest absolute Gasteiger partial charge is 0.406 e. The van der Waals surface area contributed by atoms with Gasteiger partial charge in [0.05, 0.1) is 11.9 Å². The van der Waals surface area contributed by atoms with Crippen molar-refractivity contribution in [3.05, 3.63) is 63.2 Å². The van der Waals surface area contributed by atoms with Crippen molar-refractivity contribution >= 4 is 5.65 Å². The number of nitrogens with one attached hydrogen (secondary N) is 2. The number of rotatable bonds is 3. The molecular weight excluding hydrogens is 349 g/mol. The van der Waals surface area contributed by atoms with Gasteiger partial charge in [-0.25, -0.2) is 4.52 Å². The first-order valence-corrected chi connectivity index (χ1v) is 8.07. The van der Waals surface area contributed by atoms with E-state index in [-0.39, 0.29) is 11.3 Å². The number of hydrogen-bond acceptors (Lipinski definition) is 4. The van der Waals surface area contributed by atoms with E-state index in [4.69, 9.17) is 0 Å². The molecule has 0 saturated heterocycles. The van der Waals surface area contributed by atoms with Gasteiger partial charge in [-0.2, -0.15) is 5.10 Å². The normalized spacial score (nSPS) is 14.4. The van der Waals surface area contributed by atoms with Crippen molar-refractivity contribution in [2.24, 2.45) is 0 Å². The minimum Gasteiger partial charge on any atom is -0.406 e. The molecule has 1 aliphatic heterocycles. The molecule has 2 N–H and O–H groups in total. The van der Waals surface area contributed by atoms with Gasteiger partial charge in [-0.1, -0.05) is 12.1 Å². The van der Waals surface area contributed by atoms with Crippen LogP contribution in [0.1, 0.15) is 22.4 Å². The second kappa shape index (κ2) is 6.17. The van der Waals surface area contributed by atoms with Crippen LogP contribution in [0.4, 0.5) is 13.2 Å². The molecular formula is C17H15F3N4O2. The molecule has 6 nitrogen and oxygen atoms in total. The fraction of sp³-hybridized carbons (Fsp3) is 0.294. The predicted molar refractivity (Wildman–Crippen MR) is 87.2 cm³/mol. The number of aromatic amines is 1. The van der Waals surface area contributed by atoms with Crippen LogP contribution in [0.15, 0.2) is 35.3 Å². The maximum absolute atomic E-state index is 12.3. The van der Waals surface area contributed by atoms with Crippen molar-refractivity contribution in [2.75, 3.05) is 6.54 Å². The van der Waals surface area contributed by atoms with Crippen LogP contribution in [0, 0.1) is 0 Å². The monoisotopic (exact) mass is 364 g/mol. The molecule has 0 bridgehead atoms. The van der Waals surface area contributed by atoms with Gasteiger partial charge in [-0.05, 0) is 30.7 Å². The van der Waals surface area contributed by atoms with E-state index in [9.17, 15) is 18.0 Å². The van der Waals surface area contributed by atoms with Gasteiger partial charge < -0.3 is 15.0 Å². The molecule has 26 heavy (non-hydrogen) atoms. The zero-order valence-electron chi connectivity index (χ0n) is 13.6. The van der Waals surface area contributed by atoms with E-state index >= 15 is 0 Å². The van der Waals surface area contributed by atoms with E-state index < -0.39 is 6.36 Å². The van der Waals surface area contributed by atoms with Gasteiger partial charge in [0.15, 0.2) is 0 Å². The third-order valence-corrected chi connectivity index (χ3v) is 4.35. The van der Waals surface area contributed by atoms with Crippen molar-refractivity contribution in [2.45, 2.75) is 25.7 Å². The fourth-order valence-corrected chi connectivity index (χ4v) is 3.18. The van der Waals surface area contributed by atoms with E-state index in [1.54, 1.807) is 22.8 Å². The summed E-state index contributed by atoms with van der Waals surface area (Å²) in [7, 11) is 0. The Kier molecular flexibility index (Phi) is 3.95. The highest BCUT2D eigenvalue weighted by molar-refractivity contribution is 5.50. The predicted octanol–water partition coefficient (Wildman–Crippen LogP) is 2.16. The van der Waals surface area contributed by atoms with E-state index in [1.807, 2.05) is 0 Å². The largest absolute Gasteiger partial charge is 0.573 e. The van der Waals surface area contributed by atoms with Crippen LogP contribution in [-0.2, 0) is 19.4 Å². The zero-order valence-corrected chi connectivity index (χ0v) is 13.6. The number of hydrogen-bond donors (Lipinski definition) is 2. The lowest BCUT2D eigenvalue weighted by Gasteiger charge is -2.17. The van der Waals surface area contributed by atoms with Gasteiger partial charge >= 0.3 is 6.36 Å². The molecule has 3 aromatic rings. The van der Waals surface area contributed by atoms with E-state index in [0.29, 0.717) is 25.0 Å². The van der Waals surface area contributed by atoms with Gasteiger partial charge in [0, 0.05) is 24.1 Å². The Bertz CT molecular complexity index is 1010. The number of nitrogens with zero attached hydrogens (tertiary/aromatic N) is 2. The van der Waals surface area contributed by atoms with E-state index in [2.05, 4.69) is 20.1 Å². The van der Waals surface area contributed by atoms with Crippen LogP contribution in [0.2, 0.25) is 0 Å². The molecule has 0 spiro atoms. The third kappa shape index (κ3) is 3.17. The number of ether oxygens (including phenoxy) is 1. The highest BCUT2D eigenvalue weighted by Gasteiger charge is 2.31. The lowest BCUT2D eigenvalue weighted by atomic mass is 10.1. The summed E-state index contributed by atoms with van der Waals surface area (Å²) in [5.74, 6) is -0.269. The highest BCUT2D eigenvalue weighted by Crippen LogP contribution is 2.24. The lowest BCUT2D eigenvalue weighted by molar-refractivity contribution is -0.274. The minimum atomic E-state index is -4.71. The van der Waals surface area contributed by atoms with E-state index in [0.717, 1.165) is 28.9 Å². The van der Waals surface area contributed by atoms with Crippen molar-refractivity contribution in [3.8, 4) is 5.75 Å². The molecule has 0 radical (unpaired) electrons. The number of alkyl halides is 3. The Morgan fingerprint density at radius 3 is 2.73 bits per heavy atom. The quantitative estimate of drug-likeness (QED) is 0.747. The average Bonchev–Trinajstić information content (AvgIpc) is 2.98. The molecule has 2 aromatic heterocycles. The molecule has 1 aromatic carbocycles. The summed E-state index contributed by atoms with van der Waals surface area (Å²) < 4.78 is 42.3. The molecule has 136 valence electrons. The Balaban J connectivity index is 1.64. The Hall–Kier alpha value is -2.81. The first-order valence-electron chi connectivity index (χ1n) is 8.07. The van der Waals surface area contributed by atoms with Crippen molar-refractivity contribution in [1.29, 1.82) is 0 Å². The van der Waals surface area contributed by atoms with Gasteiger partial charge in [0.25, 0.3) is 5.56 Å². The van der Waals surface area contributed by atoms with Crippen LogP contribution in [-0.4, -0.2) is 27.5 Å². The lowest BCUT2D eigenvalue weighted by Crippen LogP contribution is -2.32. The molecule has 1 aliphatic rings. The number of aromatic nitrogens is 3. The molecule has 0 atom stereocenters. The van der Waals surface area contributed by atoms with Crippen molar-refractivity contribution in [1.82, 2.24) is 19.9 Å². The summed E-state index contributed by atoms with van der Waals surface area (Å²) in [5, 5.41) is 7.59. The summed E-state index contributed by atoms with van der Waals surface area (Å²) in [6.07, 6.45) is -1.97. The summed E-state index contributed by atoms with van der Waals surface area (Å²) in [4.78, 5) is 15.2. The topological polar surface area (TPSA) is 71.4 Å². The Morgan fingerprint density at radius 2 is 2.00 bits per heavy atom. The van der Waals surface area contributed by atoms with Gasteiger partial charge in [0.1, 0.15) is 11.4 Å². The SMILES string of the molecule is O=c1[nH]c2c(Cc3ccc(OC(F)(F)F)cc3)cnn2c2c1CCNC2. The molecule has 9 heteroatoms. The Morgan fingerprint density at radius 1 is 1.23 bits per heavy atom. The summed E-state index contributed by atoms with van der Waals surface area (Å²) in [5.41, 5.74) is 3.64. The van der Waals surface area contributed by atoms with Crippen LogP contribution < -0.4 is 15.6 Å². The first-order chi connectivity index (χ1) is 12.4. The number of halogens is 3. The van der Waals surface area contributed by atoms with Crippen LogP contribution in [0.25, 0.3) is 5.65 Å². The Labute approximate surface area is 145 Å². The molecule has 0 amide bonds. The average molecular weight is 364 g/mol. The summed E-state index contributed by atoms with van der Waals surface area (Å²) in [6, 6.07) is 5.65. The molecule has 0 aliphatic carbocycles. The molecule has 0 fully saturated rings.